The minimum Gasteiger partial charge on any atom is -0.315 e. The van der Waals surface area contributed by atoms with E-state index in [4.69, 9.17) is 5.73 Å². The minimum absolute atomic E-state index is 0.0432. The molecule has 2 N–H and O–H groups in total. The molecule has 1 heterocycles. The molecule has 0 bridgehead atoms. The average molecular weight is 240 g/mol. The smallest absolute Gasteiger partial charge is 0.219 e. The third kappa shape index (κ3) is 2.42. The van der Waals surface area contributed by atoms with Crippen molar-refractivity contribution in [3.8, 4) is 0 Å². The Hall–Kier alpha value is -0.910. The number of nitrogens with zero attached hydrogens (tertiary/aromatic N) is 1. The summed E-state index contributed by atoms with van der Waals surface area (Å²) >= 11 is 0. The Balaban J connectivity index is 2.14. The Bertz CT molecular complexity index is 444. The van der Waals surface area contributed by atoms with E-state index < -0.39 is 10.0 Å². The van der Waals surface area contributed by atoms with Gasteiger partial charge in [0.2, 0.25) is 10.0 Å². The van der Waals surface area contributed by atoms with Crippen molar-refractivity contribution in [1.29, 1.82) is 0 Å². The zero-order valence-electron chi connectivity index (χ0n) is 9.04. The van der Waals surface area contributed by atoms with Gasteiger partial charge in [0, 0.05) is 6.54 Å². The fourth-order valence-electron chi connectivity index (χ4n) is 1.98. The summed E-state index contributed by atoms with van der Waals surface area (Å²) < 4.78 is 25.5. The van der Waals surface area contributed by atoms with Gasteiger partial charge in [-0.2, -0.15) is 4.31 Å². The van der Waals surface area contributed by atoms with Gasteiger partial charge in [-0.25, -0.2) is 8.42 Å². The van der Waals surface area contributed by atoms with Crippen molar-refractivity contribution in [2.45, 2.75) is 24.8 Å². The maximum Gasteiger partial charge on any atom is 0.219 e. The summed E-state index contributed by atoms with van der Waals surface area (Å²) in [6.07, 6.45) is 1.28. The number of nitrogens with two attached hydrogens (primary N) is 1. The molecule has 1 fully saturated rings. The van der Waals surface area contributed by atoms with E-state index in [0.717, 1.165) is 18.4 Å². The molecule has 1 unspecified atom stereocenters. The van der Waals surface area contributed by atoms with Gasteiger partial charge in [-0.15, -0.1) is 0 Å². The van der Waals surface area contributed by atoms with E-state index in [1.54, 1.807) is 0 Å². The van der Waals surface area contributed by atoms with Crippen LogP contribution in [0.15, 0.2) is 30.3 Å². The molecule has 0 aromatic heterocycles. The molecule has 1 atom stereocenters. The average Bonchev–Trinajstić information content (AvgIpc) is 2.66. The number of sulfonamides is 1. The van der Waals surface area contributed by atoms with Crippen LogP contribution in [0.5, 0.6) is 0 Å². The molecule has 1 saturated heterocycles. The van der Waals surface area contributed by atoms with Gasteiger partial charge in [0.1, 0.15) is 0 Å². The Morgan fingerprint density at radius 1 is 1.31 bits per heavy atom. The second kappa shape index (κ2) is 4.53. The summed E-state index contributed by atoms with van der Waals surface area (Å²) in [5, 5.41) is 0. The first-order valence-corrected chi connectivity index (χ1v) is 6.99. The summed E-state index contributed by atoms with van der Waals surface area (Å²) in [6, 6.07) is 9.19. The normalized spacial score (nSPS) is 22.4. The lowest BCUT2D eigenvalue weighted by atomic mass is 10.2. The molecule has 4 nitrogen and oxygen atoms in total. The molecule has 16 heavy (non-hydrogen) atoms. The van der Waals surface area contributed by atoms with Crippen molar-refractivity contribution in [3.05, 3.63) is 35.9 Å². The highest BCUT2D eigenvalue weighted by Crippen LogP contribution is 2.20. The minimum atomic E-state index is -3.25. The molecule has 2 rings (SSSR count). The zero-order valence-corrected chi connectivity index (χ0v) is 9.86. The highest BCUT2D eigenvalue weighted by Gasteiger charge is 2.31. The Morgan fingerprint density at radius 3 is 2.56 bits per heavy atom. The van der Waals surface area contributed by atoms with E-state index in [1.807, 2.05) is 30.3 Å². The van der Waals surface area contributed by atoms with Crippen molar-refractivity contribution in [2.75, 3.05) is 6.54 Å². The molecule has 5 heteroatoms. The molecule has 1 aromatic carbocycles. The molecule has 1 aromatic rings. The fraction of sp³-hybridized carbons (Fsp3) is 0.455. The van der Waals surface area contributed by atoms with E-state index in [0.29, 0.717) is 6.54 Å². The Kier molecular flexibility index (Phi) is 3.28. The predicted molar refractivity (Wildman–Crippen MR) is 63.0 cm³/mol. The lowest BCUT2D eigenvalue weighted by Crippen LogP contribution is -2.41. The summed E-state index contributed by atoms with van der Waals surface area (Å²) in [5.74, 6) is 0.0432. The first kappa shape index (κ1) is 11.6. The van der Waals surface area contributed by atoms with Gasteiger partial charge in [-0.3, -0.25) is 0 Å². The van der Waals surface area contributed by atoms with Crippen LogP contribution < -0.4 is 5.73 Å². The van der Waals surface area contributed by atoms with Gasteiger partial charge in [0.05, 0.1) is 11.9 Å². The molecule has 0 amide bonds. The van der Waals surface area contributed by atoms with Crippen LogP contribution in [0.25, 0.3) is 0 Å². The van der Waals surface area contributed by atoms with E-state index in [2.05, 4.69) is 0 Å². The second-order valence-corrected chi connectivity index (χ2v) is 5.98. The van der Waals surface area contributed by atoms with Crippen LogP contribution in [0.1, 0.15) is 18.4 Å². The molecule has 1 aliphatic heterocycles. The highest BCUT2D eigenvalue weighted by molar-refractivity contribution is 7.88. The molecule has 1 aliphatic rings. The molecule has 0 saturated carbocycles. The fourth-order valence-corrected chi connectivity index (χ4v) is 3.68. The van der Waals surface area contributed by atoms with Crippen LogP contribution in [-0.2, 0) is 15.8 Å². The zero-order chi connectivity index (χ0) is 11.6. The van der Waals surface area contributed by atoms with Crippen molar-refractivity contribution in [1.82, 2.24) is 4.31 Å². The van der Waals surface area contributed by atoms with Crippen molar-refractivity contribution >= 4 is 10.0 Å². The molecule has 0 aliphatic carbocycles. The topological polar surface area (TPSA) is 63.4 Å². The summed E-state index contributed by atoms with van der Waals surface area (Å²) in [5.41, 5.74) is 6.57. The van der Waals surface area contributed by atoms with E-state index in [-0.39, 0.29) is 11.9 Å². The van der Waals surface area contributed by atoms with Crippen LogP contribution >= 0.6 is 0 Å². The lowest BCUT2D eigenvalue weighted by molar-refractivity contribution is 0.395. The van der Waals surface area contributed by atoms with Gasteiger partial charge < -0.3 is 5.73 Å². The van der Waals surface area contributed by atoms with Crippen LogP contribution in [0.3, 0.4) is 0 Å². The summed E-state index contributed by atoms with van der Waals surface area (Å²) in [6.45, 7) is 0.552. The molecule has 0 radical (unpaired) electrons. The number of rotatable bonds is 3. The largest absolute Gasteiger partial charge is 0.315 e. The summed E-state index contributed by atoms with van der Waals surface area (Å²) in [4.78, 5) is 0. The van der Waals surface area contributed by atoms with Crippen molar-refractivity contribution < 1.29 is 8.42 Å². The standard InChI is InChI=1S/C11H16N2O2S/c12-11-7-4-8-13(11)16(14,15)9-10-5-2-1-3-6-10/h1-3,5-6,11H,4,7-9,12H2. The molecular formula is C11H16N2O2S. The number of hydrogen-bond acceptors (Lipinski definition) is 3. The van der Waals surface area contributed by atoms with Crippen LogP contribution in [0.4, 0.5) is 0 Å². The lowest BCUT2D eigenvalue weighted by Gasteiger charge is -2.20. The first-order chi connectivity index (χ1) is 7.59. The first-order valence-electron chi connectivity index (χ1n) is 5.38. The van der Waals surface area contributed by atoms with E-state index >= 15 is 0 Å². The Labute approximate surface area is 96.1 Å². The molecule has 88 valence electrons. The molecular weight excluding hydrogens is 224 g/mol. The second-order valence-electron chi connectivity index (χ2n) is 4.06. The highest BCUT2D eigenvalue weighted by atomic mass is 32.2. The van der Waals surface area contributed by atoms with Gasteiger partial charge in [0.15, 0.2) is 0 Å². The van der Waals surface area contributed by atoms with Gasteiger partial charge in [-0.05, 0) is 18.4 Å². The van der Waals surface area contributed by atoms with E-state index in [1.165, 1.54) is 4.31 Å². The third-order valence-electron chi connectivity index (χ3n) is 2.80. The van der Waals surface area contributed by atoms with Crippen molar-refractivity contribution in [2.24, 2.45) is 5.73 Å². The van der Waals surface area contributed by atoms with Gasteiger partial charge in [0.25, 0.3) is 0 Å². The van der Waals surface area contributed by atoms with Gasteiger partial charge >= 0.3 is 0 Å². The van der Waals surface area contributed by atoms with Crippen LogP contribution in [-0.4, -0.2) is 25.4 Å². The number of hydrogen-bond donors (Lipinski definition) is 1. The Morgan fingerprint density at radius 2 is 2.00 bits per heavy atom. The summed E-state index contributed by atoms with van der Waals surface area (Å²) in [7, 11) is -3.25. The van der Waals surface area contributed by atoms with Crippen LogP contribution in [0, 0.1) is 0 Å². The third-order valence-corrected chi connectivity index (χ3v) is 4.66. The predicted octanol–water partition coefficient (Wildman–Crippen LogP) is 0.897. The molecule has 0 spiro atoms. The maximum absolute atomic E-state index is 12.1. The SMILES string of the molecule is NC1CCCN1S(=O)(=O)Cc1ccccc1. The monoisotopic (exact) mass is 240 g/mol. The van der Waals surface area contributed by atoms with Crippen molar-refractivity contribution in [3.63, 3.8) is 0 Å². The van der Waals surface area contributed by atoms with Gasteiger partial charge in [-0.1, -0.05) is 30.3 Å². The van der Waals surface area contributed by atoms with E-state index in [9.17, 15) is 8.42 Å². The quantitative estimate of drug-likeness (QED) is 0.853. The van der Waals surface area contributed by atoms with Crippen LogP contribution in [0.2, 0.25) is 0 Å². The number of benzene rings is 1. The maximum atomic E-state index is 12.1.